The molecule has 1 aromatic heterocycles. The Labute approximate surface area is 119 Å². The van der Waals surface area contributed by atoms with Crippen molar-refractivity contribution in [3.63, 3.8) is 0 Å². The number of carboxylic acids is 1. The van der Waals surface area contributed by atoms with E-state index in [0.717, 1.165) is 50.5 Å². The van der Waals surface area contributed by atoms with E-state index in [2.05, 4.69) is 4.98 Å². The Morgan fingerprint density at radius 2 is 2.35 bits per heavy atom. The van der Waals surface area contributed by atoms with Crippen LogP contribution in [-0.4, -0.2) is 42.9 Å². The minimum atomic E-state index is -0.905. The van der Waals surface area contributed by atoms with Crippen molar-refractivity contribution in [3.8, 4) is 0 Å². The summed E-state index contributed by atoms with van der Waals surface area (Å²) in [4.78, 5) is 17.7. The molecule has 20 heavy (non-hydrogen) atoms. The Hall–Kier alpha value is -1.62. The van der Waals surface area contributed by atoms with Gasteiger partial charge >= 0.3 is 5.97 Å². The SMILES string of the molecule is CCc1cc(C(=O)O)cc(N(C)CC2CCCOC2)n1. The lowest BCUT2D eigenvalue weighted by atomic mass is 10.0. The van der Waals surface area contributed by atoms with Crippen LogP contribution in [0.15, 0.2) is 12.1 Å². The third kappa shape index (κ3) is 3.70. The van der Waals surface area contributed by atoms with E-state index in [4.69, 9.17) is 9.84 Å². The van der Waals surface area contributed by atoms with E-state index in [-0.39, 0.29) is 0 Å². The average Bonchev–Trinajstić information content (AvgIpc) is 2.47. The van der Waals surface area contributed by atoms with Gasteiger partial charge in [-0.1, -0.05) is 6.92 Å². The van der Waals surface area contributed by atoms with Crippen LogP contribution in [-0.2, 0) is 11.2 Å². The maximum absolute atomic E-state index is 11.2. The fourth-order valence-electron chi connectivity index (χ4n) is 2.50. The first-order chi connectivity index (χ1) is 9.60. The first-order valence-electron chi connectivity index (χ1n) is 7.13. The lowest BCUT2D eigenvalue weighted by Crippen LogP contribution is -2.31. The maximum atomic E-state index is 11.2. The lowest BCUT2D eigenvalue weighted by molar-refractivity contribution is 0.0576. The summed E-state index contributed by atoms with van der Waals surface area (Å²) >= 11 is 0. The van der Waals surface area contributed by atoms with Gasteiger partial charge in [0.2, 0.25) is 0 Å². The highest BCUT2D eigenvalue weighted by atomic mass is 16.5. The summed E-state index contributed by atoms with van der Waals surface area (Å²) in [5.74, 6) is 0.319. The van der Waals surface area contributed by atoms with Gasteiger partial charge in [0.1, 0.15) is 5.82 Å². The molecular weight excluding hydrogens is 256 g/mol. The summed E-state index contributed by atoms with van der Waals surface area (Å²) in [6.45, 7) is 4.46. The number of pyridine rings is 1. The number of ether oxygens (including phenoxy) is 1. The van der Waals surface area contributed by atoms with E-state index in [0.29, 0.717) is 11.5 Å². The van der Waals surface area contributed by atoms with E-state index in [1.54, 1.807) is 12.1 Å². The number of nitrogens with zero attached hydrogens (tertiary/aromatic N) is 2. The van der Waals surface area contributed by atoms with Crippen LogP contribution < -0.4 is 4.90 Å². The van der Waals surface area contributed by atoms with Gasteiger partial charge in [0.25, 0.3) is 0 Å². The highest BCUT2D eigenvalue weighted by molar-refractivity contribution is 5.88. The Bertz CT molecular complexity index is 470. The van der Waals surface area contributed by atoms with Crippen molar-refractivity contribution in [1.29, 1.82) is 0 Å². The van der Waals surface area contributed by atoms with Crippen LogP contribution in [0.5, 0.6) is 0 Å². The number of hydrogen-bond donors (Lipinski definition) is 1. The van der Waals surface area contributed by atoms with Crippen molar-refractivity contribution >= 4 is 11.8 Å². The van der Waals surface area contributed by atoms with Crippen molar-refractivity contribution in [3.05, 3.63) is 23.4 Å². The molecule has 1 saturated heterocycles. The Morgan fingerprint density at radius 3 is 2.95 bits per heavy atom. The molecule has 0 radical (unpaired) electrons. The first-order valence-corrected chi connectivity index (χ1v) is 7.13. The predicted octanol–water partition coefficient (Wildman–Crippen LogP) is 2.21. The monoisotopic (exact) mass is 278 g/mol. The molecule has 2 heterocycles. The molecule has 1 aliphatic rings. The van der Waals surface area contributed by atoms with Crippen molar-refractivity contribution in [1.82, 2.24) is 4.98 Å². The summed E-state index contributed by atoms with van der Waals surface area (Å²) in [7, 11) is 1.96. The topological polar surface area (TPSA) is 62.7 Å². The molecule has 5 heteroatoms. The van der Waals surface area contributed by atoms with Gasteiger partial charge in [0, 0.05) is 25.9 Å². The second-order valence-corrected chi connectivity index (χ2v) is 5.33. The molecule has 1 fully saturated rings. The summed E-state index contributed by atoms with van der Waals surface area (Å²) in [6, 6.07) is 3.29. The van der Waals surface area contributed by atoms with Gasteiger partial charge in [0.15, 0.2) is 0 Å². The summed E-state index contributed by atoms with van der Waals surface area (Å²) in [5, 5.41) is 9.17. The second-order valence-electron chi connectivity index (χ2n) is 5.33. The van der Waals surface area contributed by atoms with Gasteiger partial charge in [-0.2, -0.15) is 0 Å². The molecule has 0 saturated carbocycles. The molecule has 0 bridgehead atoms. The van der Waals surface area contributed by atoms with Crippen molar-refractivity contribution in [2.75, 3.05) is 31.7 Å². The largest absolute Gasteiger partial charge is 0.478 e. The lowest BCUT2D eigenvalue weighted by Gasteiger charge is -2.28. The molecule has 1 atom stereocenters. The quantitative estimate of drug-likeness (QED) is 0.894. The van der Waals surface area contributed by atoms with E-state index in [1.165, 1.54) is 0 Å². The number of aryl methyl sites for hydroxylation is 1. The number of rotatable bonds is 5. The van der Waals surface area contributed by atoms with Gasteiger partial charge in [-0.05, 0) is 37.3 Å². The third-order valence-electron chi connectivity index (χ3n) is 3.65. The predicted molar refractivity (Wildman–Crippen MR) is 77.4 cm³/mol. The molecule has 0 aliphatic carbocycles. The highest BCUT2D eigenvalue weighted by Gasteiger charge is 2.18. The number of hydrogen-bond acceptors (Lipinski definition) is 4. The standard InChI is InChI=1S/C15H22N2O3/c1-3-13-7-12(15(18)19)8-14(16-13)17(2)9-11-5-4-6-20-10-11/h7-8,11H,3-6,9-10H2,1-2H3,(H,18,19). The molecule has 0 amide bonds. The van der Waals surface area contributed by atoms with Gasteiger partial charge in [-0.15, -0.1) is 0 Å². The van der Waals surface area contributed by atoms with Gasteiger partial charge in [-0.3, -0.25) is 0 Å². The molecule has 2 rings (SSSR count). The summed E-state index contributed by atoms with van der Waals surface area (Å²) in [6.07, 6.45) is 2.99. The second kappa shape index (κ2) is 6.70. The van der Waals surface area contributed by atoms with Crippen molar-refractivity contribution < 1.29 is 14.6 Å². The zero-order valence-corrected chi connectivity index (χ0v) is 12.1. The number of carboxylic acid groups (broad SMARTS) is 1. The third-order valence-corrected chi connectivity index (χ3v) is 3.65. The molecule has 5 nitrogen and oxygen atoms in total. The van der Waals surface area contributed by atoms with Crippen LogP contribution >= 0.6 is 0 Å². The molecule has 1 N–H and O–H groups in total. The van der Waals surface area contributed by atoms with Crippen LogP contribution in [0.3, 0.4) is 0 Å². The maximum Gasteiger partial charge on any atom is 0.335 e. The molecule has 0 spiro atoms. The van der Waals surface area contributed by atoms with Gasteiger partial charge in [-0.25, -0.2) is 9.78 Å². The fraction of sp³-hybridized carbons (Fsp3) is 0.600. The first kappa shape index (κ1) is 14.8. The molecule has 1 aliphatic heterocycles. The zero-order chi connectivity index (χ0) is 14.5. The Kier molecular flexibility index (Phi) is 4.95. The number of anilines is 1. The van der Waals surface area contributed by atoms with E-state index in [1.807, 2.05) is 18.9 Å². The molecular formula is C15H22N2O3. The summed E-state index contributed by atoms with van der Waals surface area (Å²) in [5.41, 5.74) is 1.12. The number of carbonyl (C=O) groups is 1. The smallest absolute Gasteiger partial charge is 0.335 e. The zero-order valence-electron chi connectivity index (χ0n) is 12.1. The van der Waals surface area contributed by atoms with Gasteiger partial charge in [0.05, 0.1) is 12.2 Å². The highest BCUT2D eigenvalue weighted by Crippen LogP contribution is 2.19. The van der Waals surface area contributed by atoms with E-state index >= 15 is 0 Å². The normalized spacial score (nSPS) is 18.8. The van der Waals surface area contributed by atoms with E-state index < -0.39 is 5.97 Å². The van der Waals surface area contributed by atoms with E-state index in [9.17, 15) is 4.79 Å². The van der Waals surface area contributed by atoms with Crippen LogP contribution in [0.25, 0.3) is 0 Å². The van der Waals surface area contributed by atoms with Crippen molar-refractivity contribution in [2.45, 2.75) is 26.2 Å². The number of aromatic nitrogens is 1. The van der Waals surface area contributed by atoms with Crippen LogP contribution in [0.4, 0.5) is 5.82 Å². The van der Waals surface area contributed by atoms with Crippen LogP contribution in [0.1, 0.15) is 35.8 Å². The fourth-order valence-corrected chi connectivity index (χ4v) is 2.50. The molecule has 110 valence electrons. The number of aromatic carboxylic acids is 1. The van der Waals surface area contributed by atoms with Crippen molar-refractivity contribution in [2.24, 2.45) is 5.92 Å². The van der Waals surface area contributed by atoms with Crippen LogP contribution in [0.2, 0.25) is 0 Å². The average molecular weight is 278 g/mol. The summed E-state index contributed by atoms with van der Waals surface area (Å²) < 4.78 is 5.48. The minimum Gasteiger partial charge on any atom is -0.478 e. The molecule has 1 unspecified atom stereocenters. The van der Waals surface area contributed by atoms with Gasteiger partial charge < -0.3 is 14.7 Å². The molecule has 0 aromatic carbocycles. The minimum absolute atomic E-state index is 0.304. The molecule has 1 aromatic rings. The Morgan fingerprint density at radius 1 is 1.55 bits per heavy atom. The van der Waals surface area contributed by atoms with Crippen LogP contribution in [0, 0.1) is 5.92 Å². The Balaban J connectivity index is 2.13.